The Hall–Kier alpha value is -1.21. The van der Waals surface area contributed by atoms with Crippen LogP contribution in [0.15, 0.2) is 17.2 Å². The molecule has 78 valence electrons. The van der Waals surface area contributed by atoms with E-state index in [9.17, 15) is 4.21 Å². The minimum absolute atomic E-state index is 0.305. The second kappa shape index (κ2) is 4.11. The highest BCUT2D eigenvalue weighted by Crippen LogP contribution is 2.40. The molecule has 1 fully saturated rings. The van der Waals surface area contributed by atoms with E-state index in [0.29, 0.717) is 22.3 Å². The van der Waals surface area contributed by atoms with E-state index in [-0.39, 0.29) is 0 Å². The van der Waals surface area contributed by atoms with Crippen LogP contribution in [0.5, 0.6) is 0 Å². The van der Waals surface area contributed by atoms with Crippen molar-refractivity contribution >= 4 is 10.8 Å². The van der Waals surface area contributed by atoms with Gasteiger partial charge in [0.25, 0.3) is 0 Å². The summed E-state index contributed by atoms with van der Waals surface area (Å²) in [6.45, 7) is 1.85. The van der Waals surface area contributed by atoms with Crippen molar-refractivity contribution in [3.05, 3.63) is 23.5 Å². The minimum atomic E-state index is -1.09. The van der Waals surface area contributed by atoms with Gasteiger partial charge in [-0.3, -0.25) is 4.21 Å². The molecule has 1 aliphatic rings. The predicted octanol–water partition coefficient (Wildman–Crippen LogP) is 1.96. The molecule has 0 spiro atoms. The Balaban J connectivity index is 2.43. The molecule has 4 heteroatoms. The van der Waals surface area contributed by atoms with Gasteiger partial charge in [0, 0.05) is 11.9 Å². The molecule has 1 heterocycles. The topological polar surface area (TPSA) is 53.8 Å². The van der Waals surface area contributed by atoms with E-state index >= 15 is 0 Å². The van der Waals surface area contributed by atoms with Gasteiger partial charge in [-0.1, -0.05) is 6.92 Å². The van der Waals surface area contributed by atoms with Gasteiger partial charge in [0.05, 0.1) is 15.7 Å². The maximum Gasteiger partial charge on any atom is 0.156 e. The van der Waals surface area contributed by atoms with E-state index in [1.54, 1.807) is 6.20 Å². The van der Waals surface area contributed by atoms with Gasteiger partial charge in [-0.25, -0.2) is 4.98 Å². The number of hydrogen-bond acceptors (Lipinski definition) is 3. The molecule has 0 N–H and O–H groups in total. The summed E-state index contributed by atoms with van der Waals surface area (Å²) in [4.78, 5) is 4.67. The lowest BCUT2D eigenvalue weighted by molar-refractivity contribution is 0.683. The molecule has 1 atom stereocenters. The highest BCUT2D eigenvalue weighted by Gasteiger charge is 2.25. The smallest absolute Gasteiger partial charge is 0.156 e. The Morgan fingerprint density at radius 2 is 2.40 bits per heavy atom. The summed E-state index contributed by atoms with van der Waals surface area (Å²) in [5.41, 5.74) is 1.44. The van der Waals surface area contributed by atoms with Gasteiger partial charge in [-0.2, -0.15) is 5.26 Å². The van der Waals surface area contributed by atoms with Crippen molar-refractivity contribution in [2.45, 2.75) is 30.6 Å². The molecule has 0 aliphatic heterocycles. The van der Waals surface area contributed by atoms with Crippen molar-refractivity contribution < 1.29 is 4.21 Å². The predicted molar refractivity (Wildman–Crippen MR) is 57.9 cm³/mol. The summed E-state index contributed by atoms with van der Waals surface area (Å²) in [6, 6.07) is 3.88. The first-order chi connectivity index (χ1) is 7.26. The quantitative estimate of drug-likeness (QED) is 0.782. The Morgan fingerprint density at radius 3 is 2.93 bits per heavy atom. The largest absolute Gasteiger partial charge is 0.254 e. The lowest BCUT2D eigenvalue weighted by atomic mass is 10.2. The van der Waals surface area contributed by atoms with Crippen LogP contribution >= 0.6 is 0 Å². The Morgan fingerprint density at radius 1 is 1.67 bits per heavy atom. The zero-order valence-corrected chi connectivity index (χ0v) is 9.38. The third-order valence-corrected chi connectivity index (χ3v) is 3.86. The minimum Gasteiger partial charge on any atom is -0.254 e. The van der Waals surface area contributed by atoms with Crippen molar-refractivity contribution in [2.75, 3.05) is 5.75 Å². The Bertz CT molecular complexity index is 446. The van der Waals surface area contributed by atoms with Crippen molar-refractivity contribution in [2.24, 2.45) is 0 Å². The zero-order chi connectivity index (χ0) is 10.8. The number of nitrogens with zero attached hydrogens (tertiary/aromatic N) is 2. The van der Waals surface area contributed by atoms with Crippen molar-refractivity contribution in [1.82, 2.24) is 4.98 Å². The molecule has 0 amide bonds. The van der Waals surface area contributed by atoms with Crippen molar-refractivity contribution in [3.8, 4) is 6.07 Å². The summed E-state index contributed by atoms with van der Waals surface area (Å²) in [5.74, 6) is 1.11. The first-order valence-corrected chi connectivity index (χ1v) is 6.36. The third kappa shape index (κ3) is 2.07. The van der Waals surface area contributed by atoms with Gasteiger partial charge in [0.2, 0.25) is 0 Å². The highest BCUT2D eigenvalue weighted by atomic mass is 32.2. The fraction of sp³-hybridized carbons (Fsp3) is 0.455. The summed E-state index contributed by atoms with van der Waals surface area (Å²) in [7, 11) is -1.09. The summed E-state index contributed by atoms with van der Waals surface area (Å²) >= 11 is 0. The normalized spacial score (nSPS) is 17.1. The van der Waals surface area contributed by atoms with Gasteiger partial charge in [-0.15, -0.1) is 0 Å². The number of pyridine rings is 1. The molecule has 0 aromatic carbocycles. The number of rotatable bonds is 3. The van der Waals surface area contributed by atoms with Crippen LogP contribution in [0.1, 0.15) is 36.9 Å². The Kier molecular flexibility index (Phi) is 2.83. The average Bonchev–Trinajstić information content (AvgIpc) is 3.11. The van der Waals surface area contributed by atoms with E-state index in [2.05, 4.69) is 4.98 Å². The van der Waals surface area contributed by atoms with Crippen LogP contribution in [0.4, 0.5) is 0 Å². The van der Waals surface area contributed by atoms with Gasteiger partial charge in [-0.05, 0) is 30.4 Å². The lowest BCUT2D eigenvalue weighted by Crippen LogP contribution is -2.01. The average molecular weight is 220 g/mol. The van der Waals surface area contributed by atoms with Crippen molar-refractivity contribution in [1.29, 1.82) is 5.26 Å². The van der Waals surface area contributed by atoms with Gasteiger partial charge in [0.15, 0.2) is 5.69 Å². The molecule has 1 aromatic heterocycles. The van der Waals surface area contributed by atoms with Crippen molar-refractivity contribution in [3.63, 3.8) is 0 Å². The number of aromatic nitrogens is 1. The number of hydrogen-bond donors (Lipinski definition) is 0. The molecule has 3 nitrogen and oxygen atoms in total. The fourth-order valence-corrected chi connectivity index (χ4v) is 2.41. The van der Waals surface area contributed by atoms with Gasteiger partial charge < -0.3 is 0 Å². The lowest BCUT2D eigenvalue weighted by Gasteiger charge is -2.04. The van der Waals surface area contributed by atoms with E-state index < -0.39 is 10.8 Å². The molecule has 0 saturated heterocycles. The molecule has 2 rings (SSSR count). The molecular formula is C11H12N2OS. The van der Waals surface area contributed by atoms with E-state index in [0.717, 1.165) is 5.56 Å². The first kappa shape index (κ1) is 10.3. The van der Waals surface area contributed by atoms with E-state index in [1.165, 1.54) is 12.8 Å². The van der Waals surface area contributed by atoms with Gasteiger partial charge >= 0.3 is 0 Å². The van der Waals surface area contributed by atoms with Crippen LogP contribution in [0, 0.1) is 11.3 Å². The fourth-order valence-electron chi connectivity index (χ4n) is 1.51. The SMILES string of the molecule is CCS(=O)c1cc(C2CC2)cnc1C#N. The monoisotopic (exact) mass is 220 g/mol. The second-order valence-corrected chi connectivity index (χ2v) is 5.34. The third-order valence-electron chi connectivity index (χ3n) is 2.54. The molecule has 1 saturated carbocycles. The second-order valence-electron chi connectivity index (χ2n) is 3.64. The van der Waals surface area contributed by atoms with Crippen LogP contribution in [-0.2, 0) is 10.8 Å². The van der Waals surface area contributed by atoms with Crippen LogP contribution in [-0.4, -0.2) is 14.9 Å². The maximum absolute atomic E-state index is 11.7. The molecule has 1 aliphatic carbocycles. The summed E-state index contributed by atoms with van der Waals surface area (Å²) in [5, 5.41) is 8.86. The van der Waals surface area contributed by atoms with Crippen LogP contribution in [0.2, 0.25) is 0 Å². The van der Waals surface area contributed by atoms with Crippen LogP contribution in [0.25, 0.3) is 0 Å². The Labute approximate surface area is 91.6 Å². The molecule has 15 heavy (non-hydrogen) atoms. The molecule has 1 aromatic rings. The standard InChI is InChI=1S/C11H12N2OS/c1-2-15(14)11-5-9(8-3-4-8)7-13-10(11)6-12/h5,7-8H,2-4H2,1H3. The summed E-state index contributed by atoms with van der Waals surface area (Å²) < 4.78 is 11.7. The van der Waals surface area contributed by atoms with E-state index in [1.807, 2.05) is 19.1 Å². The first-order valence-electron chi connectivity index (χ1n) is 5.04. The van der Waals surface area contributed by atoms with E-state index in [4.69, 9.17) is 5.26 Å². The zero-order valence-electron chi connectivity index (χ0n) is 8.56. The van der Waals surface area contributed by atoms with Gasteiger partial charge in [0.1, 0.15) is 6.07 Å². The molecule has 0 bridgehead atoms. The molecule has 1 unspecified atom stereocenters. The van der Waals surface area contributed by atoms with Crippen LogP contribution < -0.4 is 0 Å². The summed E-state index contributed by atoms with van der Waals surface area (Å²) in [6.07, 6.45) is 4.12. The maximum atomic E-state index is 11.7. The van der Waals surface area contributed by atoms with Crippen LogP contribution in [0.3, 0.4) is 0 Å². The molecular weight excluding hydrogens is 208 g/mol. The number of nitriles is 1. The highest BCUT2D eigenvalue weighted by molar-refractivity contribution is 7.85. The molecule has 0 radical (unpaired) electrons.